The lowest BCUT2D eigenvalue weighted by Crippen LogP contribution is -2.45. The number of benzene rings is 2. The van der Waals surface area contributed by atoms with Crippen LogP contribution in [0.5, 0.6) is 0 Å². The van der Waals surface area contributed by atoms with E-state index < -0.39 is 28.1 Å². The molecule has 166 valence electrons. The van der Waals surface area contributed by atoms with E-state index in [4.69, 9.17) is 5.11 Å². The van der Waals surface area contributed by atoms with E-state index in [0.717, 1.165) is 16.7 Å². The molecular formula is C22H27N3O5S. The quantitative estimate of drug-likeness (QED) is 0.540. The van der Waals surface area contributed by atoms with Crippen molar-refractivity contribution in [3.63, 3.8) is 0 Å². The number of anilines is 2. The number of hydrogen-bond acceptors (Lipinski definition) is 5. The number of nitrogens with one attached hydrogen (secondary N) is 3. The van der Waals surface area contributed by atoms with Crippen molar-refractivity contribution in [2.75, 3.05) is 10.0 Å². The molecule has 0 aliphatic carbocycles. The van der Waals surface area contributed by atoms with E-state index in [1.54, 1.807) is 26.0 Å². The molecule has 1 aliphatic rings. The molecule has 0 spiro atoms. The molecule has 1 atom stereocenters. The number of carboxylic acids is 1. The van der Waals surface area contributed by atoms with Crippen LogP contribution in [0.2, 0.25) is 0 Å². The summed E-state index contributed by atoms with van der Waals surface area (Å²) in [6, 6.07) is 4.84. The maximum atomic E-state index is 13.4. The lowest BCUT2D eigenvalue weighted by molar-refractivity contribution is -0.137. The van der Waals surface area contributed by atoms with Crippen LogP contribution in [0.1, 0.15) is 51.0 Å². The number of carboxylic acid groups (broad SMARTS) is 1. The molecule has 0 fully saturated rings. The number of sulfonamides is 1. The number of aliphatic carboxylic acids is 1. The molecule has 0 saturated heterocycles. The average molecular weight is 446 g/mol. The summed E-state index contributed by atoms with van der Waals surface area (Å²) >= 11 is 0. The molecule has 3 rings (SSSR count). The highest BCUT2D eigenvalue weighted by molar-refractivity contribution is 7.92. The highest BCUT2D eigenvalue weighted by atomic mass is 32.2. The van der Waals surface area contributed by atoms with Gasteiger partial charge in [0, 0.05) is 6.42 Å². The molecule has 9 heteroatoms. The molecule has 1 aliphatic heterocycles. The molecule has 2 aromatic carbocycles. The van der Waals surface area contributed by atoms with Gasteiger partial charge in [0.1, 0.15) is 0 Å². The zero-order valence-electron chi connectivity index (χ0n) is 18.2. The van der Waals surface area contributed by atoms with Crippen LogP contribution >= 0.6 is 0 Å². The van der Waals surface area contributed by atoms with E-state index in [1.165, 1.54) is 6.07 Å². The predicted octanol–water partition coefficient (Wildman–Crippen LogP) is 3.38. The van der Waals surface area contributed by atoms with Gasteiger partial charge in [-0.05, 0) is 81.0 Å². The molecule has 1 unspecified atom stereocenters. The lowest BCUT2D eigenvalue weighted by Gasteiger charge is -2.29. The molecule has 0 saturated carbocycles. The lowest BCUT2D eigenvalue weighted by atomic mass is 9.95. The minimum Gasteiger partial charge on any atom is -0.481 e. The minimum atomic E-state index is -3.96. The van der Waals surface area contributed by atoms with Gasteiger partial charge in [-0.15, -0.1) is 0 Å². The average Bonchev–Trinajstić information content (AvgIpc) is 2.68. The molecule has 2 aromatic rings. The maximum absolute atomic E-state index is 13.4. The highest BCUT2D eigenvalue weighted by Crippen LogP contribution is 2.33. The van der Waals surface area contributed by atoms with Gasteiger partial charge in [-0.2, -0.15) is 0 Å². The third kappa shape index (κ3) is 4.23. The second-order valence-electron chi connectivity index (χ2n) is 7.89. The fourth-order valence-corrected chi connectivity index (χ4v) is 5.61. The van der Waals surface area contributed by atoms with Crippen molar-refractivity contribution in [2.24, 2.45) is 0 Å². The zero-order chi connectivity index (χ0) is 23.1. The summed E-state index contributed by atoms with van der Waals surface area (Å²) in [5.74, 6) is -1.43. The van der Waals surface area contributed by atoms with Gasteiger partial charge in [-0.25, -0.2) is 8.42 Å². The first-order valence-corrected chi connectivity index (χ1v) is 11.4. The molecule has 0 aromatic heterocycles. The van der Waals surface area contributed by atoms with Crippen LogP contribution in [0.3, 0.4) is 0 Å². The normalized spacial score (nSPS) is 15.6. The number of rotatable bonds is 6. The van der Waals surface area contributed by atoms with Crippen LogP contribution < -0.4 is 15.4 Å². The third-order valence-corrected chi connectivity index (χ3v) is 7.66. The first-order valence-electron chi connectivity index (χ1n) is 9.96. The van der Waals surface area contributed by atoms with Gasteiger partial charge in [0.05, 0.1) is 28.0 Å². The van der Waals surface area contributed by atoms with E-state index in [0.29, 0.717) is 16.8 Å². The predicted molar refractivity (Wildman–Crippen MR) is 119 cm³/mol. The summed E-state index contributed by atoms with van der Waals surface area (Å²) in [5.41, 5.74) is 5.02. The number of hydrogen-bond donors (Lipinski definition) is 4. The molecule has 4 N–H and O–H groups in total. The third-order valence-electron chi connectivity index (χ3n) is 6.02. The fraction of sp³-hybridized carbons (Fsp3) is 0.364. The molecule has 0 bridgehead atoms. The van der Waals surface area contributed by atoms with E-state index in [2.05, 4.69) is 15.4 Å². The number of fused-ring (bicyclic) bond motifs is 1. The zero-order valence-corrected chi connectivity index (χ0v) is 19.0. The van der Waals surface area contributed by atoms with Gasteiger partial charge in [0.2, 0.25) is 0 Å². The minimum absolute atomic E-state index is 0.107. The van der Waals surface area contributed by atoms with Gasteiger partial charge in [-0.3, -0.25) is 14.3 Å². The first kappa shape index (κ1) is 22.6. The second kappa shape index (κ2) is 8.22. The molecule has 0 radical (unpaired) electrons. The Morgan fingerprint density at radius 3 is 2.16 bits per heavy atom. The van der Waals surface area contributed by atoms with Gasteiger partial charge in [0.25, 0.3) is 15.9 Å². The van der Waals surface area contributed by atoms with Crippen LogP contribution in [-0.4, -0.2) is 31.6 Å². The maximum Gasteiger partial charge on any atom is 0.303 e. The number of carbonyl (C=O) groups excluding carboxylic acids is 1. The monoisotopic (exact) mass is 445 g/mol. The van der Waals surface area contributed by atoms with E-state index in [9.17, 15) is 18.0 Å². The van der Waals surface area contributed by atoms with E-state index in [-0.39, 0.29) is 29.0 Å². The van der Waals surface area contributed by atoms with Crippen molar-refractivity contribution in [2.45, 2.75) is 58.5 Å². The second-order valence-corrected chi connectivity index (χ2v) is 9.51. The van der Waals surface area contributed by atoms with Crippen molar-refractivity contribution in [3.05, 3.63) is 51.6 Å². The van der Waals surface area contributed by atoms with Gasteiger partial charge >= 0.3 is 5.97 Å². The van der Waals surface area contributed by atoms with Crippen molar-refractivity contribution >= 4 is 33.3 Å². The van der Waals surface area contributed by atoms with E-state index in [1.807, 2.05) is 20.8 Å². The Balaban J connectivity index is 2.00. The Labute approximate surface area is 182 Å². The van der Waals surface area contributed by atoms with Gasteiger partial charge in [0.15, 0.2) is 0 Å². The molecule has 1 heterocycles. The first-order chi connectivity index (χ1) is 14.4. The van der Waals surface area contributed by atoms with Crippen molar-refractivity contribution in [1.29, 1.82) is 0 Å². The van der Waals surface area contributed by atoms with Crippen molar-refractivity contribution in [1.82, 2.24) is 5.32 Å². The summed E-state index contributed by atoms with van der Waals surface area (Å²) in [4.78, 5) is 23.8. The molecule has 31 heavy (non-hydrogen) atoms. The smallest absolute Gasteiger partial charge is 0.303 e. The summed E-state index contributed by atoms with van der Waals surface area (Å²) < 4.78 is 29.3. The van der Waals surface area contributed by atoms with Crippen LogP contribution in [0.25, 0.3) is 0 Å². The Morgan fingerprint density at radius 1 is 1.00 bits per heavy atom. The Morgan fingerprint density at radius 2 is 1.58 bits per heavy atom. The fourth-order valence-electron chi connectivity index (χ4n) is 3.93. The standard InChI is InChI=1S/C22H27N3O5S/c1-11-12(2)14(4)21(15(5)13(11)3)31(29,30)25-17-8-6-7-16-20(17)22(28)24-18(23-16)9-10-19(26)27/h6-8,18,23,25H,9-10H2,1-5H3,(H,24,28)(H,26,27). The van der Waals surface area contributed by atoms with Crippen molar-refractivity contribution < 1.29 is 23.1 Å². The van der Waals surface area contributed by atoms with Gasteiger partial charge < -0.3 is 15.7 Å². The molecule has 8 nitrogen and oxygen atoms in total. The largest absolute Gasteiger partial charge is 0.481 e. The Kier molecular flexibility index (Phi) is 6.00. The Hall–Kier alpha value is -3.07. The highest BCUT2D eigenvalue weighted by Gasteiger charge is 2.30. The van der Waals surface area contributed by atoms with Crippen LogP contribution in [0, 0.1) is 34.6 Å². The SMILES string of the molecule is Cc1c(C)c(C)c(S(=O)(=O)Nc2cccc3c2C(=O)NC(CCC(=O)O)N3)c(C)c1C. The number of amides is 1. The topological polar surface area (TPSA) is 125 Å². The van der Waals surface area contributed by atoms with Crippen LogP contribution in [0.15, 0.2) is 23.1 Å². The van der Waals surface area contributed by atoms with Crippen LogP contribution in [0.4, 0.5) is 11.4 Å². The van der Waals surface area contributed by atoms with Gasteiger partial charge in [-0.1, -0.05) is 6.07 Å². The summed E-state index contributed by atoms with van der Waals surface area (Å²) in [5, 5.41) is 14.6. The Bertz CT molecular complexity index is 1160. The summed E-state index contributed by atoms with van der Waals surface area (Å²) in [6.07, 6.45) is -0.448. The molecular weight excluding hydrogens is 418 g/mol. The molecule has 1 amide bonds. The summed E-state index contributed by atoms with van der Waals surface area (Å²) in [7, 11) is -3.96. The number of carbonyl (C=O) groups is 2. The van der Waals surface area contributed by atoms with Crippen molar-refractivity contribution in [3.8, 4) is 0 Å². The summed E-state index contributed by atoms with van der Waals surface area (Å²) in [6.45, 7) is 9.33. The van der Waals surface area contributed by atoms with E-state index >= 15 is 0 Å². The van der Waals surface area contributed by atoms with Crippen LogP contribution in [-0.2, 0) is 14.8 Å².